The van der Waals surface area contributed by atoms with Crippen molar-refractivity contribution in [2.75, 3.05) is 25.5 Å². The van der Waals surface area contributed by atoms with E-state index in [1.165, 1.54) is 12.3 Å². The average molecular weight is 366 g/mol. The molecule has 1 aromatic carbocycles. The lowest BCUT2D eigenvalue weighted by atomic mass is 10.2. The van der Waals surface area contributed by atoms with Gasteiger partial charge in [0.05, 0.1) is 17.2 Å². The molecule has 0 atom stereocenters. The Balaban J connectivity index is 1.78. The first kappa shape index (κ1) is 18.1. The number of benzene rings is 1. The van der Waals surface area contributed by atoms with Crippen LogP contribution in [-0.2, 0) is 4.79 Å². The largest absolute Gasteiger partial charge is 0.496 e. The number of halogens is 2. The van der Waals surface area contributed by atoms with E-state index < -0.39 is 0 Å². The number of hydrogen-bond donors (Lipinski definition) is 2. The minimum Gasteiger partial charge on any atom is -0.496 e. The van der Waals surface area contributed by atoms with E-state index in [1.807, 2.05) is 24.3 Å². The molecule has 0 aliphatic carbocycles. The highest BCUT2D eigenvalue weighted by Gasteiger charge is 2.02. The number of amides is 1. The van der Waals surface area contributed by atoms with Gasteiger partial charge in [-0.15, -0.1) is 0 Å². The van der Waals surface area contributed by atoms with Crippen molar-refractivity contribution in [1.29, 1.82) is 0 Å². The van der Waals surface area contributed by atoms with E-state index in [0.29, 0.717) is 34.7 Å². The van der Waals surface area contributed by atoms with Gasteiger partial charge in [0.25, 0.3) is 0 Å². The van der Waals surface area contributed by atoms with Crippen LogP contribution in [0.3, 0.4) is 0 Å². The van der Waals surface area contributed by atoms with Crippen LogP contribution in [-0.4, -0.2) is 31.1 Å². The molecule has 7 heteroatoms. The van der Waals surface area contributed by atoms with Crippen LogP contribution in [0.1, 0.15) is 5.56 Å². The fraction of sp³-hybridized carbons (Fsp3) is 0.176. The van der Waals surface area contributed by atoms with Gasteiger partial charge in [-0.25, -0.2) is 4.98 Å². The zero-order chi connectivity index (χ0) is 17.4. The Morgan fingerprint density at radius 2 is 2.08 bits per heavy atom. The topological polar surface area (TPSA) is 63.2 Å². The molecule has 0 radical (unpaired) electrons. The number of ether oxygens (including phenoxy) is 1. The summed E-state index contributed by atoms with van der Waals surface area (Å²) in [5.74, 6) is 1.05. The summed E-state index contributed by atoms with van der Waals surface area (Å²) in [4.78, 5) is 15.9. The smallest absolute Gasteiger partial charge is 0.244 e. The number of para-hydroxylation sites is 1. The molecule has 1 aromatic heterocycles. The van der Waals surface area contributed by atoms with Crippen LogP contribution in [0.4, 0.5) is 5.82 Å². The molecule has 126 valence electrons. The van der Waals surface area contributed by atoms with Crippen molar-refractivity contribution in [3.05, 3.63) is 58.2 Å². The third kappa shape index (κ3) is 5.44. The fourth-order valence-corrected chi connectivity index (χ4v) is 2.39. The molecule has 0 spiro atoms. The summed E-state index contributed by atoms with van der Waals surface area (Å²) < 4.78 is 5.22. The Morgan fingerprint density at radius 3 is 2.83 bits per heavy atom. The minimum atomic E-state index is -0.196. The third-order valence-electron chi connectivity index (χ3n) is 3.08. The summed E-state index contributed by atoms with van der Waals surface area (Å²) in [5.41, 5.74) is 0.838. The van der Waals surface area contributed by atoms with Crippen molar-refractivity contribution in [3.63, 3.8) is 0 Å². The molecule has 24 heavy (non-hydrogen) atoms. The summed E-state index contributed by atoms with van der Waals surface area (Å²) in [5, 5.41) is 6.70. The molecule has 0 unspecified atom stereocenters. The number of anilines is 1. The maximum absolute atomic E-state index is 11.8. The second-order valence-electron chi connectivity index (χ2n) is 4.78. The molecule has 1 heterocycles. The number of methoxy groups -OCH3 is 1. The van der Waals surface area contributed by atoms with Gasteiger partial charge < -0.3 is 15.4 Å². The van der Waals surface area contributed by atoms with Gasteiger partial charge in [-0.1, -0.05) is 41.4 Å². The summed E-state index contributed by atoms with van der Waals surface area (Å²) in [6, 6.07) is 9.07. The van der Waals surface area contributed by atoms with E-state index in [2.05, 4.69) is 15.6 Å². The standard InChI is InChI=1S/C17H17Cl2N3O2/c1-24-15-5-3-2-4-12(15)6-7-16(23)20-8-9-21-17-14(19)10-13(18)11-22-17/h2-7,10-11H,8-9H2,1H3,(H,20,23)(H,21,22). The Morgan fingerprint density at radius 1 is 1.29 bits per heavy atom. The van der Waals surface area contributed by atoms with E-state index >= 15 is 0 Å². The Labute approximate surface area is 150 Å². The van der Waals surface area contributed by atoms with Gasteiger partial charge >= 0.3 is 0 Å². The number of rotatable bonds is 7. The first-order valence-electron chi connectivity index (χ1n) is 7.24. The molecule has 0 aliphatic heterocycles. The Kier molecular flexibility index (Phi) is 6.90. The molecule has 0 saturated carbocycles. The fourth-order valence-electron chi connectivity index (χ4n) is 1.94. The normalized spacial score (nSPS) is 10.6. The number of carbonyl (C=O) groups excluding carboxylic acids is 1. The van der Waals surface area contributed by atoms with Crippen molar-refractivity contribution < 1.29 is 9.53 Å². The number of nitrogens with zero attached hydrogens (tertiary/aromatic N) is 1. The highest BCUT2D eigenvalue weighted by molar-refractivity contribution is 6.35. The van der Waals surface area contributed by atoms with Crippen molar-refractivity contribution in [1.82, 2.24) is 10.3 Å². The third-order valence-corrected chi connectivity index (χ3v) is 3.57. The quantitative estimate of drug-likeness (QED) is 0.580. The number of carbonyl (C=O) groups is 1. The first-order chi connectivity index (χ1) is 11.6. The van der Waals surface area contributed by atoms with Crippen molar-refractivity contribution >= 4 is 41.0 Å². The maximum atomic E-state index is 11.8. The van der Waals surface area contributed by atoms with Crippen LogP contribution in [0.15, 0.2) is 42.6 Å². The van der Waals surface area contributed by atoms with E-state index in [0.717, 1.165) is 5.56 Å². The average Bonchev–Trinajstić information content (AvgIpc) is 2.58. The van der Waals surface area contributed by atoms with Gasteiger partial charge in [0.15, 0.2) is 0 Å². The molecule has 0 saturated heterocycles. The highest BCUT2D eigenvalue weighted by atomic mass is 35.5. The van der Waals surface area contributed by atoms with E-state index in [9.17, 15) is 4.79 Å². The second-order valence-corrected chi connectivity index (χ2v) is 5.62. The number of aromatic nitrogens is 1. The van der Waals surface area contributed by atoms with Crippen LogP contribution in [0.25, 0.3) is 6.08 Å². The van der Waals surface area contributed by atoms with Crippen molar-refractivity contribution in [2.45, 2.75) is 0 Å². The number of nitrogens with one attached hydrogen (secondary N) is 2. The SMILES string of the molecule is COc1ccccc1C=CC(=O)NCCNc1ncc(Cl)cc1Cl. The van der Waals surface area contributed by atoms with Gasteiger partial charge in [-0.05, 0) is 18.2 Å². The molecular formula is C17H17Cl2N3O2. The second kappa shape index (κ2) is 9.15. The maximum Gasteiger partial charge on any atom is 0.244 e. The number of pyridine rings is 1. The zero-order valence-corrected chi connectivity index (χ0v) is 14.6. The molecule has 1 amide bonds. The van der Waals surface area contributed by atoms with Crippen LogP contribution in [0.2, 0.25) is 10.0 Å². The summed E-state index contributed by atoms with van der Waals surface area (Å²) in [6.45, 7) is 0.915. The zero-order valence-electron chi connectivity index (χ0n) is 13.1. The molecule has 2 aromatic rings. The monoisotopic (exact) mass is 365 g/mol. The van der Waals surface area contributed by atoms with Gasteiger partial charge in [0, 0.05) is 30.9 Å². The Hall–Kier alpha value is -2.24. The number of hydrogen-bond acceptors (Lipinski definition) is 4. The van der Waals surface area contributed by atoms with Gasteiger partial charge in [0.2, 0.25) is 5.91 Å². The van der Waals surface area contributed by atoms with Crippen LogP contribution in [0.5, 0.6) is 5.75 Å². The first-order valence-corrected chi connectivity index (χ1v) is 7.99. The van der Waals surface area contributed by atoms with Crippen LogP contribution >= 0.6 is 23.2 Å². The van der Waals surface area contributed by atoms with Crippen LogP contribution < -0.4 is 15.4 Å². The van der Waals surface area contributed by atoms with E-state index in [4.69, 9.17) is 27.9 Å². The van der Waals surface area contributed by atoms with Gasteiger partial charge in [-0.3, -0.25) is 4.79 Å². The van der Waals surface area contributed by atoms with Gasteiger partial charge in [-0.2, -0.15) is 0 Å². The Bertz CT molecular complexity index is 736. The lowest BCUT2D eigenvalue weighted by molar-refractivity contribution is -0.116. The van der Waals surface area contributed by atoms with Crippen molar-refractivity contribution in [2.24, 2.45) is 0 Å². The predicted molar refractivity (Wildman–Crippen MR) is 97.8 cm³/mol. The molecule has 5 nitrogen and oxygen atoms in total. The molecule has 2 rings (SSSR count). The summed E-state index contributed by atoms with van der Waals surface area (Å²) in [7, 11) is 1.59. The lowest BCUT2D eigenvalue weighted by Gasteiger charge is -2.08. The molecule has 0 aliphatic rings. The molecular weight excluding hydrogens is 349 g/mol. The highest BCUT2D eigenvalue weighted by Crippen LogP contribution is 2.22. The minimum absolute atomic E-state index is 0.196. The summed E-state index contributed by atoms with van der Waals surface area (Å²) >= 11 is 11.8. The lowest BCUT2D eigenvalue weighted by Crippen LogP contribution is -2.27. The predicted octanol–water partition coefficient (Wildman–Crippen LogP) is 3.64. The van der Waals surface area contributed by atoms with Crippen LogP contribution in [0, 0.1) is 0 Å². The van der Waals surface area contributed by atoms with Crippen molar-refractivity contribution in [3.8, 4) is 5.75 Å². The van der Waals surface area contributed by atoms with Gasteiger partial charge in [0.1, 0.15) is 11.6 Å². The summed E-state index contributed by atoms with van der Waals surface area (Å²) in [6.07, 6.45) is 4.68. The molecule has 0 fully saturated rings. The molecule has 0 bridgehead atoms. The molecule has 2 N–H and O–H groups in total. The van der Waals surface area contributed by atoms with E-state index in [-0.39, 0.29) is 5.91 Å². The van der Waals surface area contributed by atoms with E-state index in [1.54, 1.807) is 19.3 Å².